The first-order valence-corrected chi connectivity index (χ1v) is 13.0. The Bertz CT molecular complexity index is 1150. The minimum atomic E-state index is -3.69. The Hall–Kier alpha value is -2.93. The minimum absolute atomic E-state index is 0.0340. The molecule has 176 valence electrons. The van der Waals surface area contributed by atoms with Crippen molar-refractivity contribution in [3.63, 3.8) is 0 Å². The lowest BCUT2D eigenvalue weighted by molar-refractivity contribution is -0.135. The Morgan fingerprint density at radius 1 is 0.939 bits per heavy atom. The van der Waals surface area contributed by atoms with Gasteiger partial charge in [0.15, 0.2) is 0 Å². The number of hydrogen-bond donors (Lipinski definition) is 0. The second-order valence-electron chi connectivity index (χ2n) is 9.12. The largest absolute Gasteiger partial charge is 0.336 e. The second-order valence-corrected chi connectivity index (χ2v) is 11.0. The van der Waals surface area contributed by atoms with Crippen molar-refractivity contribution in [3.8, 4) is 0 Å². The number of hydrogen-bond acceptors (Lipinski definition) is 4. The third-order valence-corrected chi connectivity index (χ3v) is 6.90. The maximum Gasteiger partial charge on any atom is 0.228 e. The Balaban J connectivity index is 2.01. The van der Waals surface area contributed by atoms with Crippen LogP contribution in [0.15, 0.2) is 72.0 Å². The predicted molar refractivity (Wildman–Crippen MR) is 130 cm³/mol. The van der Waals surface area contributed by atoms with Crippen LogP contribution in [0.25, 0.3) is 0 Å². The second kappa shape index (κ2) is 10.8. The Morgan fingerprint density at radius 2 is 1.52 bits per heavy atom. The molecule has 6 nitrogen and oxygen atoms in total. The SMILES string of the molecule is CC(C)CN(Cc1cnc(S(=O)(=O)Cc2ccccc2)n1Cc1ccccc1)C(=O)C(C)C. The number of imidazole rings is 1. The monoisotopic (exact) mass is 467 g/mol. The van der Waals surface area contributed by atoms with E-state index in [-0.39, 0.29) is 22.7 Å². The number of benzene rings is 2. The van der Waals surface area contributed by atoms with E-state index in [9.17, 15) is 13.2 Å². The van der Waals surface area contributed by atoms with Gasteiger partial charge in [-0.3, -0.25) is 4.79 Å². The van der Waals surface area contributed by atoms with E-state index < -0.39 is 9.84 Å². The first kappa shape index (κ1) is 24.7. The molecule has 1 amide bonds. The molecule has 0 fully saturated rings. The van der Waals surface area contributed by atoms with Gasteiger partial charge in [-0.2, -0.15) is 0 Å². The van der Waals surface area contributed by atoms with Crippen LogP contribution in [0.4, 0.5) is 0 Å². The molecule has 1 aromatic heterocycles. The number of aromatic nitrogens is 2. The van der Waals surface area contributed by atoms with Crippen molar-refractivity contribution >= 4 is 15.7 Å². The van der Waals surface area contributed by atoms with Gasteiger partial charge in [-0.05, 0) is 17.0 Å². The Kier molecular flexibility index (Phi) is 8.08. The molecular weight excluding hydrogens is 434 g/mol. The third-order valence-electron chi connectivity index (χ3n) is 5.31. The van der Waals surface area contributed by atoms with Gasteiger partial charge >= 0.3 is 0 Å². The molecule has 33 heavy (non-hydrogen) atoms. The number of sulfone groups is 1. The lowest BCUT2D eigenvalue weighted by atomic mass is 10.1. The molecule has 0 saturated carbocycles. The van der Waals surface area contributed by atoms with E-state index in [1.165, 1.54) is 0 Å². The van der Waals surface area contributed by atoms with Crippen LogP contribution < -0.4 is 0 Å². The van der Waals surface area contributed by atoms with E-state index in [1.54, 1.807) is 27.8 Å². The van der Waals surface area contributed by atoms with Crippen LogP contribution in [-0.4, -0.2) is 35.3 Å². The van der Waals surface area contributed by atoms with Crippen LogP contribution in [-0.2, 0) is 33.5 Å². The molecule has 0 N–H and O–H groups in total. The molecule has 0 atom stereocenters. The topological polar surface area (TPSA) is 72.3 Å². The summed E-state index contributed by atoms with van der Waals surface area (Å²) in [6.07, 6.45) is 1.60. The molecule has 3 rings (SSSR count). The van der Waals surface area contributed by atoms with E-state index in [0.717, 1.165) is 5.56 Å². The number of amides is 1. The molecule has 0 spiro atoms. The first-order chi connectivity index (χ1) is 15.7. The molecule has 0 radical (unpaired) electrons. The predicted octanol–water partition coefficient (Wildman–Crippen LogP) is 4.55. The minimum Gasteiger partial charge on any atom is -0.336 e. The van der Waals surface area contributed by atoms with Gasteiger partial charge in [-0.15, -0.1) is 0 Å². The summed E-state index contributed by atoms with van der Waals surface area (Å²) in [5.74, 6) is 0.0690. The van der Waals surface area contributed by atoms with Gasteiger partial charge in [0.25, 0.3) is 0 Å². The van der Waals surface area contributed by atoms with Gasteiger partial charge in [0, 0.05) is 12.5 Å². The number of carbonyl (C=O) groups excluding carboxylic acids is 1. The lowest BCUT2D eigenvalue weighted by Gasteiger charge is -2.27. The number of rotatable bonds is 10. The smallest absolute Gasteiger partial charge is 0.228 e. The van der Waals surface area contributed by atoms with Gasteiger partial charge in [-0.1, -0.05) is 88.4 Å². The quantitative estimate of drug-likeness (QED) is 0.439. The van der Waals surface area contributed by atoms with Crippen molar-refractivity contribution in [2.45, 2.75) is 51.7 Å². The van der Waals surface area contributed by atoms with E-state index >= 15 is 0 Å². The van der Waals surface area contributed by atoms with E-state index in [1.807, 2.05) is 62.4 Å². The highest BCUT2D eigenvalue weighted by atomic mass is 32.2. The lowest BCUT2D eigenvalue weighted by Crippen LogP contribution is -2.37. The Labute approximate surface area is 197 Å². The Morgan fingerprint density at radius 3 is 2.06 bits per heavy atom. The summed E-state index contributed by atoms with van der Waals surface area (Å²) >= 11 is 0. The van der Waals surface area contributed by atoms with Gasteiger partial charge in [0.05, 0.1) is 30.7 Å². The van der Waals surface area contributed by atoms with E-state index in [0.29, 0.717) is 36.8 Å². The van der Waals surface area contributed by atoms with Crippen molar-refractivity contribution < 1.29 is 13.2 Å². The van der Waals surface area contributed by atoms with Crippen LogP contribution in [0.1, 0.15) is 44.5 Å². The molecule has 0 bridgehead atoms. The van der Waals surface area contributed by atoms with Crippen molar-refractivity contribution in [3.05, 3.63) is 83.7 Å². The summed E-state index contributed by atoms with van der Waals surface area (Å²) in [5, 5.41) is 0.0340. The zero-order valence-electron chi connectivity index (χ0n) is 19.8. The molecular formula is C26H33N3O3S. The zero-order chi connectivity index (χ0) is 24.0. The molecule has 2 aromatic carbocycles. The van der Waals surface area contributed by atoms with Crippen molar-refractivity contribution in [2.24, 2.45) is 11.8 Å². The highest BCUT2D eigenvalue weighted by molar-refractivity contribution is 7.90. The van der Waals surface area contributed by atoms with Gasteiger partial charge in [-0.25, -0.2) is 13.4 Å². The van der Waals surface area contributed by atoms with Crippen LogP contribution in [0.5, 0.6) is 0 Å². The molecule has 0 aliphatic carbocycles. The van der Waals surface area contributed by atoms with Crippen LogP contribution in [0, 0.1) is 11.8 Å². The van der Waals surface area contributed by atoms with Gasteiger partial charge in [0.2, 0.25) is 20.9 Å². The summed E-state index contributed by atoms with van der Waals surface area (Å²) in [6, 6.07) is 18.8. The van der Waals surface area contributed by atoms with E-state index in [2.05, 4.69) is 18.8 Å². The highest BCUT2D eigenvalue weighted by Gasteiger charge is 2.26. The summed E-state index contributed by atoms with van der Waals surface area (Å²) in [7, 11) is -3.69. The summed E-state index contributed by atoms with van der Waals surface area (Å²) in [6.45, 7) is 9.18. The maximum absolute atomic E-state index is 13.4. The fraction of sp³-hybridized carbons (Fsp3) is 0.385. The molecule has 0 unspecified atom stereocenters. The van der Waals surface area contributed by atoms with Crippen molar-refractivity contribution in [2.75, 3.05) is 6.54 Å². The average Bonchev–Trinajstić information content (AvgIpc) is 3.16. The maximum atomic E-state index is 13.4. The molecule has 3 aromatic rings. The molecule has 0 aliphatic rings. The van der Waals surface area contributed by atoms with Crippen molar-refractivity contribution in [1.82, 2.24) is 14.5 Å². The van der Waals surface area contributed by atoms with Gasteiger partial charge < -0.3 is 9.47 Å². The number of carbonyl (C=O) groups is 1. The van der Waals surface area contributed by atoms with Gasteiger partial charge in [0.1, 0.15) is 0 Å². The fourth-order valence-electron chi connectivity index (χ4n) is 3.79. The molecule has 7 heteroatoms. The summed E-state index contributed by atoms with van der Waals surface area (Å²) in [5.41, 5.74) is 2.39. The molecule has 0 saturated heterocycles. The first-order valence-electron chi connectivity index (χ1n) is 11.3. The van der Waals surface area contributed by atoms with E-state index in [4.69, 9.17) is 0 Å². The average molecular weight is 468 g/mol. The normalized spacial score (nSPS) is 11.8. The van der Waals surface area contributed by atoms with Crippen LogP contribution in [0.2, 0.25) is 0 Å². The fourth-order valence-corrected chi connectivity index (χ4v) is 5.28. The third kappa shape index (κ3) is 6.54. The van der Waals surface area contributed by atoms with Crippen molar-refractivity contribution in [1.29, 1.82) is 0 Å². The zero-order valence-corrected chi connectivity index (χ0v) is 20.6. The standard InChI is InChI=1S/C26H33N3O3S/c1-20(2)16-28(25(30)21(3)4)18-24-15-27-26(29(24)17-22-11-7-5-8-12-22)33(31,32)19-23-13-9-6-10-14-23/h5-15,20-21H,16-19H2,1-4H3. The van der Waals surface area contributed by atoms with Crippen LogP contribution >= 0.6 is 0 Å². The highest BCUT2D eigenvalue weighted by Crippen LogP contribution is 2.21. The van der Waals surface area contributed by atoms with Crippen LogP contribution in [0.3, 0.4) is 0 Å². The molecule has 0 aliphatic heterocycles. The number of nitrogens with zero attached hydrogens (tertiary/aromatic N) is 3. The summed E-state index contributed by atoms with van der Waals surface area (Å²) in [4.78, 5) is 19.0. The summed E-state index contributed by atoms with van der Waals surface area (Å²) < 4.78 is 28.5. The molecule has 1 heterocycles.